The van der Waals surface area contributed by atoms with Gasteiger partial charge in [-0.15, -0.1) is 0 Å². The minimum Gasteiger partial charge on any atom is -0.489 e. The number of benzene rings is 2. The Morgan fingerprint density at radius 1 is 1.20 bits per heavy atom. The second-order valence-electron chi connectivity index (χ2n) is 4.44. The molecule has 0 aliphatic carbocycles. The smallest absolute Gasteiger partial charge is 0.489 e. The summed E-state index contributed by atoms with van der Waals surface area (Å²) in [5.41, 5.74) is 1.78. The molecule has 0 aromatic heterocycles. The third-order valence-electron chi connectivity index (χ3n) is 2.84. The topological polar surface area (TPSA) is 49.7 Å². The van der Waals surface area contributed by atoms with Gasteiger partial charge >= 0.3 is 7.12 Å². The van der Waals surface area contributed by atoms with Crippen LogP contribution in [0.15, 0.2) is 36.4 Å². The first kappa shape index (κ1) is 14.8. The van der Waals surface area contributed by atoms with Crippen LogP contribution >= 0.6 is 11.6 Å². The molecule has 2 aromatic rings. The molecule has 20 heavy (non-hydrogen) atoms. The van der Waals surface area contributed by atoms with Crippen LogP contribution in [-0.2, 0) is 6.61 Å². The van der Waals surface area contributed by atoms with Crippen molar-refractivity contribution in [3.8, 4) is 5.75 Å². The van der Waals surface area contributed by atoms with Crippen LogP contribution in [0.1, 0.15) is 11.1 Å². The van der Waals surface area contributed by atoms with Gasteiger partial charge in [0.2, 0.25) is 0 Å². The van der Waals surface area contributed by atoms with Crippen molar-refractivity contribution in [3.05, 3.63) is 58.4 Å². The van der Waals surface area contributed by atoms with Crippen molar-refractivity contribution in [1.29, 1.82) is 0 Å². The van der Waals surface area contributed by atoms with Crippen LogP contribution in [0.25, 0.3) is 0 Å². The van der Waals surface area contributed by atoms with Gasteiger partial charge < -0.3 is 14.8 Å². The maximum Gasteiger partial charge on any atom is 0.492 e. The molecule has 0 bridgehead atoms. The highest BCUT2D eigenvalue weighted by molar-refractivity contribution is 6.59. The zero-order valence-electron chi connectivity index (χ0n) is 10.8. The molecule has 0 aliphatic heterocycles. The second kappa shape index (κ2) is 6.26. The van der Waals surface area contributed by atoms with Crippen molar-refractivity contribution < 1.29 is 19.2 Å². The molecule has 3 nitrogen and oxygen atoms in total. The van der Waals surface area contributed by atoms with Crippen molar-refractivity contribution >= 4 is 24.2 Å². The third-order valence-corrected chi connectivity index (χ3v) is 3.19. The van der Waals surface area contributed by atoms with E-state index >= 15 is 0 Å². The Balaban J connectivity index is 2.18. The van der Waals surface area contributed by atoms with Crippen LogP contribution in [0, 0.1) is 12.7 Å². The van der Waals surface area contributed by atoms with Crippen molar-refractivity contribution in [2.45, 2.75) is 13.5 Å². The molecule has 0 spiro atoms. The molecule has 104 valence electrons. The number of rotatable bonds is 4. The van der Waals surface area contributed by atoms with Gasteiger partial charge in [-0.25, -0.2) is 4.39 Å². The average Bonchev–Trinajstić information content (AvgIpc) is 2.38. The van der Waals surface area contributed by atoms with Gasteiger partial charge in [0, 0.05) is 16.0 Å². The van der Waals surface area contributed by atoms with Crippen molar-refractivity contribution in [3.63, 3.8) is 0 Å². The first-order valence-corrected chi connectivity index (χ1v) is 6.38. The molecule has 2 rings (SSSR count). The highest BCUT2D eigenvalue weighted by atomic mass is 35.5. The van der Waals surface area contributed by atoms with E-state index in [0.717, 1.165) is 17.2 Å². The van der Waals surface area contributed by atoms with Crippen molar-refractivity contribution in [1.82, 2.24) is 0 Å². The Kier molecular flexibility index (Phi) is 4.65. The third kappa shape index (κ3) is 3.51. The molecule has 0 aliphatic rings. The fourth-order valence-corrected chi connectivity index (χ4v) is 2.07. The van der Waals surface area contributed by atoms with E-state index in [4.69, 9.17) is 16.3 Å². The van der Waals surface area contributed by atoms with Gasteiger partial charge in [-0.2, -0.15) is 0 Å². The molecule has 0 fully saturated rings. The van der Waals surface area contributed by atoms with Gasteiger partial charge in [-0.3, -0.25) is 0 Å². The monoisotopic (exact) mass is 294 g/mol. The van der Waals surface area contributed by atoms with E-state index in [1.165, 1.54) is 12.1 Å². The van der Waals surface area contributed by atoms with Crippen LogP contribution in [-0.4, -0.2) is 17.2 Å². The standard InChI is InChI=1S/C14H13BClFO3/c1-9-2-3-10(13(16)6-9)8-20-14-5-4-11(17)7-12(14)15(18)19/h2-7,18-19H,8H2,1H3. The summed E-state index contributed by atoms with van der Waals surface area (Å²) < 4.78 is 18.6. The lowest BCUT2D eigenvalue weighted by molar-refractivity contribution is 0.306. The molecule has 2 N–H and O–H groups in total. The van der Waals surface area contributed by atoms with E-state index in [1.807, 2.05) is 25.1 Å². The number of hydrogen-bond donors (Lipinski definition) is 2. The number of aryl methyl sites for hydroxylation is 1. The molecule has 6 heteroatoms. The molecule has 0 unspecified atom stereocenters. The summed E-state index contributed by atoms with van der Waals surface area (Å²) in [5.74, 6) is -0.355. The summed E-state index contributed by atoms with van der Waals surface area (Å²) in [5, 5.41) is 19.0. The Labute approximate surface area is 121 Å². The number of hydrogen-bond acceptors (Lipinski definition) is 3. The Bertz CT molecular complexity index is 619. The maximum absolute atomic E-state index is 13.1. The first-order chi connectivity index (χ1) is 9.47. The van der Waals surface area contributed by atoms with Crippen molar-refractivity contribution in [2.75, 3.05) is 0 Å². The lowest BCUT2D eigenvalue weighted by Crippen LogP contribution is -2.31. The van der Waals surface area contributed by atoms with Gasteiger partial charge in [0.25, 0.3) is 0 Å². The predicted octanol–water partition coefficient (Wildman–Crippen LogP) is 2.05. The Hall–Kier alpha value is -1.56. The average molecular weight is 295 g/mol. The summed E-state index contributed by atoms with van der Waals surface area (Å²) in [6.07, 6.45) is 0. The fraction of sp³-hybridized carbons (Fsp3) is 0.143. The summed E-state index contributed by atoms with van der Waals surface area (Å²) in [6, 6.07) is 9.11. The van der Waals surface area contributed by atoms with Gasteiger partial charge in [0.1, 0.15) is 18.2 Å². The lowest BCUT2D eigenvalue weighted by Gasteiger charge is -2.12. The molecule has 0 heterocycles. The quantitative estimate of drug-likeness (QED) is 0.849. The molecule has 0 atom stereocenters. The zero-order valence-corrected chi connectivity index (χ0v) is 11.6. The van der Waals surface area contributed by atoms with Gasteiger partial charge in [-0.05, 0) is 36.8 Å². The minimum absolute atomic E-state index is 0.0202. The van der Waals surface area contributed by atoms with E-state index in [1.54, 1.807) is 0 Å². The highest BCUT2D eigenvalue weighted by Gasteiger charge is 2.18. The summed E-state index contributed by atoms with van der Waals surface area (Å²) in [4.78, 5) is 0. The number of halogens is 2. The van der Waals surface area contributed by atoms with E-state index in [2.05, 4.69) is 0 Å². The molecule has 0 amide bonds. The van der Waals surface area contributed by atoms with Gasteiger partial charge in [-0.1, -0.05) is 23.7 Å². The predicted molar refractivity (Wildman–Crippen MR) is 76.7 cm³/mol. The van der Waals surface area contributed by atoms with Crippen molar-refractivity contribution in [2.24, 2.45) is 0 Å². The summed E-state index contributed by atoms with van der Waals surface area (Å²) in [6.45, 7) is 2.08. The maximum atomic E-state index is 13.1. The summed E-state index contributed by atoms with van der Waals surface area (Å²) >= 11 is 6.08. The fourth-order valence-electron chi connectivity index (χ4n) is 1.78. The van der Waals surface area contributed by atoms with E-state index < -0.39 is 12.9 Å². The molecular formula is C14H13BClFO3. The molecule has 0 saturated carbocycles. The molecule has 0 radical (unpaired) electrons. The van der Waals surface area contributed by atoms with E-state index in [9.17, 15) is 14.4 Å². The van der Waals surface area contributed by atoms with Gasteiger partial charge in [0.15, 0.2) is 0 Å². The van der Waals surface area contributed by atoms with Crippen LogP contribution in [0.5, 0.6) is 5.75 Å². The summed E-state index contributed by atoms with van der Waals surface area (Å²) in [7, 11) is -1.80. The Morgan fingerprint density at radius 3 is 2.60 bits per heavy atom. The van der Waals surface area contributed by atoms with Crippen LogP contribution < -0.4 is 10.2 Å². The minimum atomic E-state index is -1.80. The normalized spacial score (nSPS) is 10.4. The highest BCUT2D eigenvalue weighted by Crippen LogP contribution is 2.20. The van der Waals surface area contributed by atoms with Gasteiger partial charge in [0.05, 0.1) is 0 Å². The molecule has 2 aromatic carbocycles. The number of ether oxygens (including phenoxy) is 1. The SMILES string of the molecule is Cc1ccc(COc2ccc(F)cc2B(O)O)c(Cl)c1. The Morgan fingerprint density at radius 2 is 1.95 bits per heavy atom. The first-order valence-electron chi connectivity index (χ1n) is 6.01. The van der Waals surface area contributed by atoms with Crippen LogP contribution in [0.4, 0.5) is 4.39 Å². The van der Waals surface area contributed by atoms with Crippen LogP contribution in [0.2, 0.25) is 5.02 Å². The molecule has 0 saturated heterocycles. The van der Waals surface area contributed by atoms with Crippen LogP contribution in [0.3, 0.4) is 0 Å². The zero-order chi connectivity index (χ0) is 14.7. The molecular weight excluding hydrogens is 281 g/mol. The lowest BCUT2D eigenvalue weighted by atomic mass is 9.79. The largest absolute Gasteiger partial charge is 0.492 e. The van der Waals surface area contributed by atoms with E-state index in [-0.39, 0.29) is 17.8 Å². The van der Waals surface area contributed by atoms with E-state index in [0.29, 0.717) is 5.02 Å². The second-order valence-corrected chi connectivity index (χ2v) is 4.85.